The molecular formula is C19H21ClN2O2. The molecule has 5 heteroatoms. The van der Waals surface area contributed by atoms with Crippen molar-refractivity contribution < 1.29 is 9.53 Å². The zero-order valence-electron chi connectivity index (χ0n) is 14.3. The molecular weight excluding hydrogens is 324 g/mol. The average molecular weight is 345 g/mol. The van der Waals surface area contributed by atoms with E-state index in [-0.39, 0.29) is 11.3 Å². The topological polar surface area (TPSA) is 50.7 Å². The number of ether oxygens (including phenoxy) is 1. The molecule has 0 aliphatic carbocycles. The number of amides is 1. The summed E-state index contributed by atoms with van der Waals surface area (Å²) in [5, 5.41) is 4.45. The highest BCUT2D eigenvalue weighted by Crippen LogP contribution is 2.23. The van der Waals surface area contributed by atoms with Crippen molar-refractivity contribution in [1.82, 2.24) is 5.43 Å². The molecule has 0 saturated carbocycles. The Hall–Kier alpha value is -2.33. The first-order valence-electron chi connectivity index (χ1n) is 7.59. The van der Waals surface area contributed by atoms with Crippen LogP contribution in [0.3, 0.4) is 0 Å². The van der Waals surface area contributed by atoms with Gasteiger partial charge in [0.2, 0.25) is 0 Å². The minimum absolute atomic E-state index is 0.104. The Balaban J connectivity index is 2.06. The van der Waals surface area contributed by atoms with E-state index in [9.17, 15) is 4.79 Å². The van der Waals surface area contributed by atoms with Gasteiger partial charge in [-0.25, -0.2) is 5.43 Å². The first kappa shape index (κ1) is 18.0. The van der Waals surface area contributed by atoms with E-state index in [0.29, 0.717) is 16.3 Å². The Labute approximate surface area is 147 Å². The molecule has 126 valence electrons. The molecule has 4 nitrogen and oxygen atoms in total. The first-order chi connectivity index (χ1) is 11.3. The lowest BCUT2D eigenvalue weighted by molar-refractivity contribution is 0.0952. The second-order valence-electron chi connectivity index (χ2n) is 6.42. The molecule has 1 N–H and O–H groups in total. The quantitative estimate of drug-likeness (QED) is 0.659. The molecule has 0 fully saturated rings. The average Bonchev–Trinajstić information content (AvgIpc) is 2.54. The maximum absolute atomic E-state index is 12.2. The Morgan fingerprint density at radius 3 is 2.42 bits per heavy atom. The molecule has 0 saturated heterocycles. The van der Waals surface area contributed by atoms with Crippen molar-refractivity contribution in [3.05, 3.63) is 64.2 Å². The molecule has 0 atom stereocenters. The van der Waals surface area contributed by atoms with Crippen LogP contribution in [0.25, 0.3) is 0 Å². The van der Waals surface area contributed by atoms with Crippen LogP contribution in [0.5, 0.6) is 5.75 Å². The standard InChI is InChI=1S/C19H21ClN2O2/c1-19(2,3)14-7-5-13(6-8-14)12-21-22-18(23)16-11-15(20)9-10-17(16)24-4/h5-12H,1-4H3,(H,22,23). The van der Waals surface area contributed by atoms with Gasteiger partial charge in [-0.3, -0.25) is 4.79 Å². The van der Waals surface area contributed by atoms with Crippen LogP contribution in [0.2, 0.25) is 5.02 Å². The van der Waals surface area contributed by atoms with Crippen LogP contribution in [-0.4, -0.2) is 19.2 Å². The van der Waals surface area contributed by atoms with Gasteiger partial charge in [0.05, 0.1) is 18.9 Å². The number of methoxy groups -OCH3 is 1. The zero-order chi connectivity index (χ0) is 17.7. The lowest BCUT2D eigenvalue weighted by Crippen LogP contribution is -2.18. The van der Waals surface area contributed by atoms with Gasteiger partial charge in [0, 0.05) is 5.02 Å². The third-order valence-corrected chi connectivity index (χ3v) is 3.80. The number of hydrazone groups is 1. The second kappa shape index (κ2) is 7.49. The third-order valence-electron chi connectivity index (χ3n) is 3.56. The van der Waals surface area contributed by atoms with E-state index in [2.05, 4.69) is 43.4 Å². The SMILES string of the molecule is COc1ccc(Cl)cc1C(=O)NN=Cc1ccc(C(C)(C)C)cc1. The predicted molar refractivity (Wildman–Crippen MR) is 98.2 cm³/mol. The minimum Gasteiger partial charge on any atom is -0.496 e. The molecule has 0 radical (unpaired) electrons. The van der Waals surface area contributed by atoms with Crippen molar-refractivity contribution in [1.29, 1.82) is 0 Å². The van der Waals surface area contributed by atoms with E-state index >= 15 is 0 Å². The second-order valence-corrected chi connectivity index (χ2v) is 6.85. The largest absolute Gasteiger partial charge is 0.496 e. The van der Waals surface area contributed by atoms with Crippen molar-refractivity contribution in [2.75, 3.05) is 7.11 Å². The molecule has 0 unspecified atom stereocenters. The van der Waals surface area contributed by atoms with Gasteiger partial charge in [-0.2, -0.15) is 5.10 Å². The van der Waals surface area contributed by atoms with Crippen molar-refractivity contribution in [2.24, 2.45) is 5.10 Å². The summed E-state index contributed by atoms with van der Waals surface area (Å²) in [5.41, 5.74) is 5.08. The van der Waals surface area contributed by atoms with Crippen LogP contribution < -0.4 is 10.2 Å². The number of carbonyl (C=O) groups excluding carboxylic acids is 1. The van der Waals surface area contributed by atoms with Crippen molar-refractivity contribution in [3.8, 4) is 5.75 Å². The summed E-state index contributed by atoms with van der Waals surface area (Å²) in [5.74, 6) is 0.0681. The number of halogens is 1. The normalized spacial score (nSPS) is 11.5. The van der Waals surface area contributed by atoms with Gasteiger partial charge in [0.25, 0.3) is 5.91 Å². The molecule has 0 aliphatic heterocycles. The molecule has 0 heterocycles. The summed E-state index contributed by atoms with van der Waals surface area (Å²) in [7, 11) is 1.50. The van der Waals surface area contributed by atoms with Gasteiger partial charge >= 0.3 is 0 Å². The molecule has 1 amide bonds. The Kier molecular flexibility index (Phi) is 5.62. The third kappa shape index (κ3) is 4.59. The van der Waals surface area contributed by atoms with E-state index in [0.717, 1.165) is 5.56 Å². The van der Waals surface area contributed by atoms with E-state index < -0.39 is 0 Å². The van der Waals surface area contributed by atoms with Gasteiger partial charge in [-0.1, -0.05) is 56.6 Å². The maximum atomic E-state index is 12.2. The lowest BCUT2D eigenvalue weighted by atomic mass is 9.87. The van der Waals surface area contributed by atoms with Crippen LogP contribution in [0.4, 0.5) is 0 Å². The summed E-state index contributed by atoms with van der Waals surface area (Å²) in [4.78, 5) is 12.2. The van der Waals surface area contributed by atoms with Gasteiger partial charge < -0.3 is 4.74 Å². The predicted octanol–water partition coefficient (Wildman–Crippen LogP) is 4.41. The highest BCUT2D eigenvalue weighted by atomic mass is 35.5. The number of nitrogens with zero attached hydrogens (tertiary/aromatic N) is 1. The molecule has 0 aliphatic rings. The molecule has 2 aromatic rings. The molecule has 0 spiro atoms. The molecule has 0 aromatic heterocycles. The number of hydrogen-bond donors (Lipinski definition) is 1. The summed E-state index contributed by atoms with van der Waals surface area (Å²) < 4.78 is 5.16. The monoisotopic (exact) mass is 344 g/mol. The van der Waals surface area contributed by atoms with E-state index in [1.807, 2.05) is 12.1 Å². The van der Waals surface area contributed by atoms with Crippen LogP contribution in [-0.2, 0) is 5.41 Å². The van der Waals surface area contributed by atoms with Crippen LogP contribution in [0.15, 0.2) is 47.6 Å². The van der Waals surface area contributed by atoms with Crippen molar-refractivity contribution in [2.45, 2.75) is 26.2 Å². The Morgan fingerprint density at radius 1 is 1.17 bits per heavy atom. The number of nitrogens with one attached hydrogen (secondary N) is 1. The molecule has 2 rings (SSSR count). The van der Waals surface area contributed by atoms with Crippen LogP contribution in [0.1, 0.15) is 42.3 Å². The van der Waals surface area contributed by atoms with Gasteiger partial charge in [0.1, 0.15) is 5.75 Å². The maximum Gasteiger partial charge on any atom is 0.275 e. The number of rotatable bonds is 4. The summed E-state index contributed by atoms with van der Waals surface area (Å²) >= 11 is 5.93. The zero-order valence-corrected chi connectivity index (χ0v) is 15.0. The molecule has 2 aromatic carbocycles. The molecule has 0 bridgehead atoms. The number of carbonyl (C=O) groups is 1. The lowest BCUT2D eigenvalue weighted by Gasteiger charge is -2.18. The fraction of sp³-hybridized carbons (Fsp3) is 0.263. The van der Waals surface area contributed by atoms with Crippen molar-refractivity contribution in [3.63, 3.8) is 0 Å². The summed E-state index contributed by atoms with van der Waals surface area (Å²) in [6.07, 6.45) is 1.60. The van der Waals surface area contributed by atoms with E-state index in [1.54, 1.807) is 24.4 Å². The Morgan fingerprint density at radius 2 is 1.83 bits per heavy atom. The summed E-state index contributed by atoms with van der Waals surface area (Å²) in [6, 6.07) is 12.9. The Bertz CT molecular complexity index is 747. The first-order valence-corrected chi connectivity index (χ1v) is 7.96. The van der Waals surface area contributed by atoms with Crippen molar-refractivity contribution >= 4 is 23.7 Å². The van der Waals surface area contributed by atoms with E-state index in [4.69, 9.17) is 16.3 Å². The van der Waals surface area contributed by atoms with Gasteiger partial charge in [0.15, 0.2) is 0 Å². The summed E-state index contributed by atoms with van der Waals surface area (Å²) in [6.45, 7) is 6.48. The fourth-order valence-corrected chi connectivity index (χ4v) is 2.32. The van der Waals surface area contributed by atoms with E-state index in [1.165, 1.54) is 12.7 Å². The van der Waals surface area contributed by atoms with Gasteiger partial charge in [-0.05, 0) is 34.7 Å². The highest BCUT2D eigenvalue weighted by molar-refractivity contribution is 6.31. The number of benzene rings is 2. The smallest absolute Gasteiger partial charge is 0.275 e. The highest BCUT2D eigenvalue weighted by Gasteiger charge is 2.13. The number of hydrogen-bond acceptors (Lipinski definition) is 3. The minimum atomic E-state index is -0.378. The molecule has 24 heavy (non-hydrogen) atoms. The fourth-order valence-electron chi connectivity index (χ4n) is 2.15. The van der Waals surface area contributed by atoms with Gasteiger partial charge in [-0.15, -0.1) is 0 Å². The van der Waals surface area contributed by atoms with Crippen LogP contribution in [0, 0.1) is 0 Å². The van der Waals surface area contributed by atoms with Crippen LogP contribution >= 0.6 is 11.6 Å².